The van der Waals surface area contributed by atoms with Gasteiger partial charge in [-0.1, -0.05) is 54.6 Å². The van der Waals surface area contributed by atoms with E-state index in [9.17, 15) is 9.90 Å². The number of nitrogens with one attached hydrogen (secondary N) is 2. The molecule has 1 aliphatic rings. The molecule has 2 aromatic carbocycles. The molecule has 0 saturated heterocycles. The van der Waals surface area contributed by atoms with Crippen LogP contribution in [0.2, 0.25) is 0 Å². The largest absolute Gasteiger partial charge is 0.390 e. The maximum absolute atomic E-state index is 12.4. The minimum atomic E-state index is -0.582. The molecule has 1 aliphatic carbocycles. The maximum Gasteiger partial charge on any atom is 0.315 e. The SMILES string of the molecule is CN(C)C(CNC(=O)NC1c2ccccc2CC1O)c1ccccc1. The Morgan fingerprint density at radius 2 is 1.84 bits per heavy atom. The fraction of sp³-hybridized carbons (Fsp3) is 0.350. The summed E-state index contributed by atoms with van der Waals surface area (Å²) in [5.41, 5.74) is 3.24. The number of benzene rings is 2. The Hall–Kier alpha value is -2.37. The third-order valence-electron chi connectivity index (χ3n) is 4.75. The van der Waals surface area contributed by atoms with Gasteiger partial charge in [0.1, 0.15) is 0 Å². The monoisotopic (exact) mass is 339 g/mol. The standard InChI is InChI=1S/C20H25N3O2/c1-23(2)17(14-8-4-3-5-9-14)13-21-20(25)22-19-16-11-7-6-10-15(16)12-18(19)24/h3-11,17-19,24H,12-13H2,1-2H3,(H2,21,22,25). The van der Waals surface area contributed by atoms with Gasteiger partial charge in [-0.25, -0.2) is 4.79 Å². The van der Waals surface area contributed by atoms with Gasteiger partial charge in [-0.2, -0.15) is 0 Å². The average molecular weight is 339 g/mol. The second kappa shape index (κ2) is 7.68. The van der Waals surface area contributed by atoms with Crippen molar-refractivity contribution in [2.45, 2.75) is 24.6 Å². The third-order valence-corrected chi connectivity index (χ3v) is 4.75. The molecule has 2 amide bonds. The van der Waals surface area contributed by atoms with E-state index in [0.717, 1.165) is 16.7 Å². The topological polar surface area (TPSA) is 64.6 Å². The fourth-order valence-corrected chi connectivity index (χ4v) is 3.40. The lowest BCUT2D eigenvalue weighted by molar-refractivity contribution is 0.142. The van der Waals surface area contributed by atoms with Gasteiger partial charge < -0.3 is 20.6 Å². The van der Waals surface area contributed by atoms with E-state index in [1.54, 1.807) is 0 Å². The zero-order chi connectivity index (χ0) is 17.8. The van der Waals surface area contributed by atoms with E-state index in [1.165, 1.54) is 0 Å². The molecule has 5 heteroatoms. The molecule has 0 fully saturated rings. The van der Waals surface area contributed by atoms with Gasteiger partial charge in [0.25, 0.3) is 0 Å². The second-order valence-corrected chi connectivity index (χ2v) is 6.69. The van der Waals surface area contributed by atoms with Gasteiger partial charge in [0.2, 0.25) is 0 Å². The van der Waals surface area contributed by atoms with E-state index in [4.69, 9.17) is 0 Å². The second-order valence-electron chi connectivity index (χ2n) is 6.69. The van der Waals surface area contributed by atoms with Crippen LogP contribution in [0, 0.1) is 0 Å². The Morgan fingerprint density at radius 1 is 1.16 bits per heavy atom. The smallest absolute Gasteiger partial charge is 0.315 e. The predicted molar refractivity (Wildman–Crippen MR) is 98.3 cm³/mol. The maximum atomic E-state index is 12.4. The molecule has 0 saturated carbocycles. The Balaban J connectivity index is 1.61. The van der Waals surface area contributed by atoms with Gasteiger partial charge in [-0.05, 0) is 30.8 Å². The van der Waals surface area contributed by atoms with Crippen molar-refractivity contribution in [3.05, 3.63) is 71.3 Å². The average Bonchev–Trinajstić information content (AvgIpc) is 2.91. The van der Waals surface area contributed by atoms with Gasteiger partial charge in [0.05, 0.1) is 18.2 Å². The number of hydrogen-bond acceptors (Lipinski definition) is 3. The zero-order valence-electron chi connectivity index (χ0n) is 14.6. The minimum Gasteiger partial charge on any atom is -0.390 e. The molecule has 0 spiro atoms. The number of carbonyl (C=O) groups is 1. The van der Waals surface area contributed by atoms with Crippen molar-refractivity contribution in [3.8, 4) is 0 Å². The number of hydrogen-bond donors (Lipinski definition) is 3. The summed E-state index contributed by atoms with van der Waals surface area (Å²) >= 11 is 0. The van der Waals surface area contributed by atoms with Gasteiger partial charge >= 0.3 is 6.03 Å². The van der Waals surface area contributed by atoms with E-state index in [2.05, 4.69) is 27.7 Å². The number of amides is 2. The molecule has 0 aliphatic heterocycles. The number of urea groups is 1. The van der Waals surface area contributed by atoms with Crippen LogP contribution in [0.25, 0.3) is 0 Å². The summed E-state index contributed by atoms with van der Waals surface area (Å²) in [5.74, 6) is 0. The molecule has 0 radical (unpaired) electrons. The summed E-state index contributed by atoms with van der Waals surface area (Å²) in [6.07, 6.45) is -0.00670. The predicted octanol–water partition coefficient (Wildman–Crippen LogP) is 2.25. The lowest BCUT2D eigenvalue weighted by Gasteiger charge is -2.26. The van der Waals surface area contributed by atoms with Crippen molar-refractivity contribution in [1.29, 1.82) is 0 Å². The molecule has 0 bridgehead atoms. The molecule has 3 unspecified atom stereocenters. The van der Waals surface area contributed by atoms with Crippen molar-refractivity contribution in [3.63, 3.8) is 0 Å². The minimum absolute atomic E-state index is 0.0905. The van der Waals surface area contributed by atoms with E-state index in [1.807, 2.05) is 56.6 Å². The molecule has 132 valence electrons. The summed E-state index contributed by atoms with van der Waals surface area (Å²) in [6.45, 7) is 0.493. The molecule has 2 aromatic rings. The first-order chi connectivity index (χ1) is 12.1. The van der Waals surface area contributed by atoms with Crippen molar-refractivity contribution >= 4 is 6.03 Å². The van der Waals surface area contributed by atoms with Crippen LogP contribution in [0.5, 0.6) is 0 Å². The first kappa shape index (κ1) is 17.5. The molecule has 3 N–H and O–H groups in total. The fourth-order valence-electron chi connectivity index (χ4n) is 3.40. The molecule has 3 atom stereocenters. The molecular weight excluding hydrogens is 314 g/mol. The molecule has 5 nitrogen and oxygen atoms in total. The van der Waals surface area contributed by atoms with Gasteiger partial charge in [0, 0.05) is 13.0 Å². The Bertz CT molecular complexity index is 718. The molecular formula is C20H25N3O2. The Labute approximate surface area is 148 Å². The van der Waals surface area contributed by atoms with Gasteiger partial charge in [-0.3, -0.25) is 0 Å². The Kier molecular flexibility index (Phi) is 5.36. The highest BCUT2D eigenvalue weighted by molar-refractivity contribution is 5.75. The molecule has 25 heavy (non-hydrogen) atoms. The Morgan fingerprint density at radius 3 is 2.56 bits per heavy atom. The summed E-state index contributed by atoms with van der Waals surface area (Å²) < 4.78 is 0. The van der Waals surface area contributed by atoms with Crippen molar-refractivity contribution in [2.24, 2.45) is 0 Å². The van der Waals surface area contributed by atoms with E-state index < -0.39 is 6.10 Å². The van der Waals surface area contributed by atoms with Crippen LogP contribution in [0.4, 0.5) is 4.79 Å². The van der Waals surface area contributed by atoms with Crippen LogP contribution in [-0.4, -0.2) is 42.8 Å². The number of nitrogens with zero attached hydrogens (tertiary/aromatic N) is 1. The number of aliphatic hydroxyl groups is 1. The number of likely N-dealkylation sites (N-methyl/N-ethyl adjacent to an activating group) is 1. The van der Waals surface area contributed by atoms with E-state index >= 15 is 0 Å². The normalized spacial score (nSPS) is 20.2. The highest BCUT2D eigenvalue weighted by atomic mass is 16.3. The van der Waals surface area contributed by atoms with Crippen molar-refractivity contribution < 1.29 is 9.90 Å². The highest BCUT2D eigenvalue weighted by Gasteiger charge is 2.31. The molecule has 0 heterocycles. The van der Waals surface area contributed by atoms with Crippen LogP contribution >= 0.6 is 0 Å². The summed E-state index contributed by atoms with van der Waals surface area (Å²) in [7, 11) is 3.99. The van der Waals surface area contributed by atoms with Crippen molar-refractivity contribution in [2.75, 3.05) is 20.6 Å². The van der Waals surface area contributed by atoms with E-state index in [-0.39, 0.29) is 18.1 Å². The summed E-state index contributed by atoms with van der Waals surface area (Å²) in [5, 5.41) is 16.1. The van der Waals surface area contributed by atoms with Crippen LogP contribution in [-0.2, 0) is 6.42 Å². The first-order valence-corrected chi connectivity index (χ1v) is 8.58. The van der Waals surface area contributed by atoms with Gasteiger partial charge in [0.15, 0.2) is 0 Å². The van der Waals surface area contributed by atoms with Crippen LogP contribution in [0.15, 0.2) is 54.6 Å². The van der Waals surface area contributed by atoms with Crippen LogP contribution in [0.3, 0.4) is 0 Å². The molecule has 0 aromatic heterocycles. The molecule has 3 rings (SSSR count). The third kappa shape index (κ3) is 4.00. The lowest BCUT2D eigenvalue weighted by Crippen LogP contribution is -2.43. The number of carbonyl (C=O) groups excluding carboxylic acids is 1. The van der Waals surface area contributed by atoms with Crippen molar-refractivity contribution in [1.82, 2.24) is 15.5 Å². The van der Waals surface area contributed by atoms with Crippen LogP contribution < -0.4 is 10.6 Å². The van der Waals surface area contributed by atoms with Gasteiger partial charge in [-0.15, -0.1) is 0 Å². The quantitative estimate of drug-likeness (QED) is 0.783. The number of rotatable bonds is 5. The van der Waals surface area contributed by atoms with Crippen LogP contribution in [0.1, 0.15) is 28.8 Å². The summed E-state index contributed by atoms with van der Waals surface area (Å²) in [4.78, 5) is 14.4. The summed E-state index contributed by atoms with van der Waals surface area (Å²) in [6, 6.07) is 17.4. The lowest BCUT2D eigenvalue weighted by atomic mass is 10.1. The van der Waals surface area contributed by atoms with E-state index in [0.29, 0.717) is 13.0 Å². The first-order valence-electron chi connectivity index (χ1n) is 8.58. The number of fused-ring (bicyclic) bond motifs is 1. The highest BCUT2D eigenvalue weighted by Crippen LogP contribution is 2.31. The zero-order valence-corrected chi connectivity index (χ0v) is 14.6. The number of aliphatic hydroxyl groups excluding tert-OH is 1.